The molecular weight excluding hydrogens is 314 g/mol. The molecule has 0 atom stereocenters. The van der Waals surface area contributed by atoms with Gasteiger partial charge in [-0.05, 0) is 35.6 Å². The largest absolute Gasteiger partial charge is 0.477 e. The lowest BCUT2D eigenvalue weighted by Gasteiger charge is -2.09. The lowest BCUT2D eigenvalue weighted by atomic mass is 10.2. The molecule has 0 aliphatic rings. The second-order valence-corrected chi connectivity index (χ2v) is 6.84. The molecule has 0 unspecified atom stereocenters. The van der Waals surface area contributed by atoms with E-state index in [1.807, 2.05) is 0 Å². The van der Waals surface area contributed by atoms with Gasteiger partial charge in [0, 0.05) is 5.69 Å². The first-order valence-electron chi connectivity index (χ1n) is 5.89. The average Bonchev–Trinajstić information content (AvgIpc) is 2.82. The first-order valence-corrected chi connectivity index (χ1v) is 8.25. The molecule has 2 rings (SSSR count). The Morgan fingerprint density at radius 2 is 1.90 bits per heavy atom. The van der Waals surface area contributed by atoms with Crippen LogP contribution in [-0.2, 0) is 16.6 Å². The molecule has 0 bridgehead atoms. The van der Waals surface area contributed by atoms with Gasteiger partial charge in [-0.2, -0.15) is 0 Å². The summed E-state index contributed by atoms with van der Waals surface area (Å²) < 4.78 is 27.0. The maximum atomic E-state index is 12.3. The van der Waals surface area contributed by atoms with Gasteiger partial charge in [-0.3, -0.25) is 4.72 Å². The zero-order valence-electron chi connectivity index (χ0n) is 11.0. The van der Waals surface area contributed by atoms with Crippen LogP contribution < -0.4 is 4.72 Å². The Balaban J connectivity index is 2.38. The number of aliphatic hydroxyl groups is 1. The van der Waals surface area contributed by atoms with Gasteiger partial charge in [-0.1, -0.05) is 12.1 Å². The molecule has 0 aliphatic carbocycles. The number of aliphatic hydroxyl groups excluding tert-OH is 1. The van der Waals surface area contributed by atoms with Crippen LogP contribution in [0.1, 0.15) is 20.8 Å². The van der Waals surface area contributed by atoms with Crippen LogP contribution in [0.15, 0.2) is 34.5 Å². The van der Waals surface area contributed by atoms with Gasteiger partial charge >= 0.3 is 5.97 Å². The van der Waals surface area contributed by atoms with Crippen LogP contribution in [0, 0.1) is 6.92 Å². The Morgan fingerprint density at radius 3 is 2.43 bits per heavy atom. The minimum absolute atomic E-state index is 0.139. The molecule has 21 heavy (non-hydrogen) atoms. The Kier molecular flexibility index (Phi) is 4.31. The number of carboxylic acid groups (broad SMARTS) is 1. The summed E-state index contributed by atoms with van der Waals surface area (Å²) in [6.45, 7) is 1.41. The minimum atomic E-state index is -3.98. The lowest BCUT2D eigenvalue weighted by Crippen LogP contribution is -2.16. The minimum Gasteiger partial charge on any atom is -0.477 e. The molecule has 1 aromatic heterocycles. The summed E-state index contributed by atoms with van der Waals surface area (Å²) in [6.07, 6.45) is 0. The standard InChI is InChI=1S/C13H13NO5S2/c1-8-7-20-11(13(16)17)12(8)21(18,19)14-10-4-2-9(6-15)3-5-10/h2-5,7,14-15H,6H2,1H3,(H,16,17). The molecule has 8 heteroatoms. The van der Waals surface area contributed by atoms with Crippen molar-refractivity contribution in [2.75, 3.05) is 4.72 Å². The number of hydrogen-bond donors (Lipinski definition) is 3. The van der Waals surface area contributed by atoms with Gasteiger partial charge in [-0.15, -0.1) is 11.3 Å². The second-order valence-electron chi connectivity index (χ2n) is 4.34. The summed E-state index contributed by atoms with van der Waals surface area (Å²) in [6, 6.07) is 6.17. The van der Waals surface area contributed by atoms with E-state index in [2.05, 4.69) is 4.72 Å². The van der Waals surface area contributed by atoms with Gasteiger partial charge in [-0.25, -0.2) is 13.2 Å². The molecule has 0 fully saturated rings. The Morgan fingerprint density at radius 1 is 1.29 bits per heavy atom. The van der Waals surface area contributed by atoms with Gasteiger partial charge < -0.3 is 10.2 Å². The maximum absolute atomic E-state index is 12.3. The van der Waals surface area contributed by atoms with Crippen molar-refractivity contribution in [3.05, 3.63) is 45.6 Å². The van der Waals surface area contributed by atoms with E-state index in [0.29, 0.717) is 16.8 Å². The summed E-state index contributed by atoms with van der Waals surface area (Å²) in [5.74, 6) is -1.27. The molecule has 3 N–H and O–H groups in total. The molecule has 2 aromatic rings. The number of aromatic carboxylic acids is 1. The molecular formula is C13H13NO5S2. The number of thiophene rings is 1. The molecule has 1 heterocycles. The summed E-state index contributed by atoms with van der Waals surface area (Å²) >= 11 is 0.876. The predicted molar refractivity (Wildman–Crippen MR) is 79.2 cm³/mol. The first kappa shape index (κ1) is 15.5. The Bertz CT molecular complexity index is 762. The normalized spacial score (nSPS) is 11.3. The molecule has 0 saturated carbocycles. The monoisotopic (exact) mass is 327 g/mol. The molecule has 6 nitrogen and oxygen atoms in total. The molecule has 0 radical (unpaired) electrons. The third-order valence-corrected chi connectivity index (χ3v) is 5.55. The number of benzene rings is 1. The van der Waals surface area contributed by atoms with Gasteiger partial charge in [0.05, 0.1) is 6.61 Å². The predicted octanol–water partition coefficient (Wildman–Crippen LogP) is 2.05. The van der Waals surface area contributed by atoms with Crippen LogP contribution >= 0.6 is 11.3 Å². The van der Waals surface area contributed by atoms with Crippen LogP contribution in [-0.4, -0.2) is 24.6 Å². The number of hydrogen-bond acceptors (Lipinski definition) is 5. The number of sulfonamides is 1. The molecule has 0 spiro atoms. The highest BCUT2D eigenvalue weighted by Crippen LogP contribution is 2.28. The van der Waals surface area contributed by atoms with Crippen molar-refractivity contribution in [3.63, 3.8) is 0 Å². The third kappa shape index (κ3) is 3.23. The van der Waals surface area contributed by atoms with Crippen molar-refractivity contribution in [2.24, 2.45) is 0 Å². The highest BCUT2D eigenvalue weighted by atomic mass is 32.2. The van der Waals surface area contributed by atoms with Crippen LogP contribution in [0.2, 0.25) is 0 Å². The van der Waals surface area contributed by atoms with Crippen LogP contribution in [0.25, 0.3) is 0 Å². The number of aryl methyl sites for hydroxylation is 1. The van der Waals surface area contributed by atoms with Gasteiger partial charge in [0.25, 0.3) is 10.0 Å². The van der Waals surface area contributed by atoms with Gasteiger partial charge in [0.15, 0.2) is 0 Å². The van der Waals surface area contributed by atoms with Gasteiger partial charge in [0.2, 0.25) is 0 Å². The van der Waals surface area contributed by atoms with Crippen LogP contribution in [0.5, 0.6) is 0 Å². The molecule has 0 saturated heterocycles. The Hall–Kier alpha value is -1.90. The third-order valence-electron chi connectivity index (χ3n) is 2.77. The van der Waals surface area contributed by atoms with Crippen molar-refractivity contribution < 1.29 is 23.4 Å². The highest BCUT2D eigenvalue weighted by molar-refractivity contribution is 7.93. The van der Waals surface area contributed by atoms with Gasteiger partial charge in [0.1, 0.15) is 9.77 Å². The number of nitrogens with one attached hydrogen (secondary N) is 1. The molecule has 0 amide bonds. The van der Waals surface area contributed by atoms with E-state index in [1.165, 1.54) is 17.5 Å². The smallest absolute Gasteiger partial charge is 0.347 e. The van der Waals surface area contributed by atoms with E-state index in [1.54, 1.807) is 19.1 Å². The summed E-state index contributed by atoms with van der Waals surface area (Å²) in [4.78, 5) is 10.7. The van der Waals surface area contributed by atoms with Crippen molar-refractivity contribution in [2.45, 2.75) is 18.4 Å². The maximum Gasteiger partial charge on any atom is 0.347 e. The second kappa shape index (κ2) is 5.84. The van der Waals surface area contributed by atoms with Crippen molar-refractivity contribution in [3.8, 4) is 0 Å². The molecule has 0 aliphatic heterocycles. The van der Waals surface area contributed by atoms with Crippen molar-refractivity contribution in [1.82, 2.24) is 0 Å². The topological polar surface area (TPSA) is 104 Å². The van der Waals surface area contributed by atoms with E-state index < -0.39 is 16.0 Å². The fourth-order valence-electron chi connectivity index (χ4n) is 1.80. The Labute approximate surface area is 125 Å². The van der Waals surface area contributed by atoms with Crippen molar-refractivity contribution in [1.29, 1.82) is 0 Å². The fraction of sp³-hybridized carbons (Fsp3) is 0.154. The lowest BCUT2D eigenvalue weighted by molar-refractivity contribution is 0.0698. The van der Waals surface area contributed by atoms with E-state index in [4.69, 9.17) is 10.2 Å². The number of anilines is 1. The highest BCUT2D eigenvalue weighted by Gasteiger charge is 2.26. The quantitative estimate of drug-likeness (QED) is 0.780. The van der Waals surface area contributed by atoms with Crippen LogP contribution in [0.4, 0.5) is 5.69 Å². The number of carboxylic acids is 1. The van der Waals surface area contributed by atoms with E-state index in [0.717, 1.165) is 11.3 Å². The summed E-state index contributed by atoms with van der Waals surface area (Å²) in [5, 5.41) is 19.5. The fourth-order valence-corrected chi connectivity index (χ4v) is 4.49. The SMILES string of the molecule is Cc1csc(C(=O)O)c1S(=O)(=O)Nc1ccc(CO)cc1. The zero-order valence-corrected chi connectivity index (χ0v) is 12.7. The van der Waals surface area contributed by atoms with Crippen molar-refractivity contribution >= 4 is 33.0 Å². The van der Waals surface area contributed by atoms with E-state index in [9.17, 15) is 13.2 Å². The van der Waals surface area contributed by atoms with Crippen LogP contribution in [0.3, 0.4) is 0 Å². The van der Waals surface area contributed by atoms with E-state index >= 15 is 0 Å². The summed E-state index contributed by atoms with van der Waals surface area (Å²) in [7, 11) is -3.98. The first-order chi connectivity index (χ1) is 9.85. The van der Waals surface area contributed by atoms with E-state index in [-0.39, 0.29) is 16.4 Å². The average molecular weight is 327 g/mol. The zero-order chi connectivity index (χ0) is 15.6. The molecule has 1 aromatic carbocycles. The number of rotatable bonds is 5. The number of carbonyl (C=O) groups is 1. The molecule has 112 valence electrons. The summed E-state index contributed by atoms with van der Waals surface area (Å²) in [5.41, 5.74) is 1.34.